The minimum absolute atomic E-state index is 0.880. The van der Waals surface area contributed by atoms with E-state index in [1.165, 1.54) is 6.92 Å². The summed E-state index contributed by atoms with van der Waals surface area (Å²) in [5.41, 5.74) is 0. The van der Waals surface area contributed by atoms with E-state index in [9.17, 15) is 20.2 Å². The van der Waals surface area contributed by atoms with Gasteiger partial charge >= 0.3 is 11.6 Å². The van der Waals surface area contributed by atoms with Crippen molar-refractivity contribution in [3.05, 3.63) is 20.2 Å². The van der Waals surface area contributed by atoms with E-state index in [1.807, 2.05) is 0 Å². The van der Waals surface area contributed by atoms with Gasteiger partial charge in [-0.2, -0.15) is 5.26 Å². The molecule has 10 heteroatoms. The van der Waals surface area contributed by atoms with Crippen LogP contribution >= 0.6 is 0 Å². The number of aromatic nitrogens is 3. The molecule has 1 heterocycles. The standard InChI is InChI=1S/C2HN5O4.C2H3N/c8-6(9)1-2(7(10)11)4-5-3-1;1-2-3/h(H,3,4,5);1H3. The maximum Gasteiger partial charge on any atom is 0.491 e. The molecule has 0 radical (unpaired) electrons. The monoisotopic (exact) mass is 200 g/mol. The van der Waals surface area contributed by atoms with Gasteiger partial charge in [-0.15, -0.1) is 0 Å². The van der Waals surface area contributed by atoms with Crippen molar-refractivity contribution in [3.63, 3.8) is 0 Å². The summed E-state index contributed by atoms with van der Waals surface area (Å²) in [4.78, 5) is 18.0. The maximum atomic E-state index is 9.97. The molecule has 0 unspecified atom stereocenters. The van der Waals surface area contributed by atoms with E-state index < -0.39 is 21.5 Å². The summed E-state index contributed by atoms with van der Waals surface area (Å²) < 4.78 is 0. The fraction of sp³-hybridized carbons (Fsp3) is 0.250. The van der Waals surface area contributed by atoms with Crippen molar-refractivity contribution in [2.24, 2.45) is 0 Å². The molecule has 0 atom stereocenters. The van der Waals surface area contributed by atoms with Gasteiger partial charge in [-0.25, -0.2) is 0 Å². The molecule has 0 aliphatic rings. The first-order chi connectivity index (χ1) is 6.54. The van der Waals surface area contributed by atoms with E-state index in [2.05, 4.69) is 10.2 Å². The van der Waals surface area contributed by atoms with Gasteiger partial charge in [0.1, 0.15) is 10.2 Å². The molecule has 14 heavy (non-hydrogen) atoms. The summed E-state index contributed by atoms with van der Waals surface area (Å²) in [6.07, 6.45) is 0. The topological polar surface area (TPSA) is 152 Å². The summed E-state index contributed by atoms with van der Waals surface area (Å²) in [5, 5.41) is 34.9. The highest BCUT2D eigenvalue weighted by Gasteiger charge is 2.30. The second-order valence-electron chi connectivity index (χ2n) is 1.71. The van der Waals surface area contributed by atoms with Crippen LogP contribution in [0.2, 0.25) is 0 Å². The summed E-state index contributed by atoms with van der Waals surface area (Å²) in [6, 6.07) is 1.75. The first-order valence-corrected chi connectivity index (χ1v) is 3.05. The highest BCUT2D eigenvalue weighted by atomic mass is 16.6. The van der Waals surface area contributed by atoms with E-state index in [0.29, 0.717) is 0 Å². The average Bonchev–Trinajstić information content (AvgIpc) is 2.52. The fourth-order valence-electron chi connectivity index (χ4n) is 0.465. The highest BCUT2D eigenvalue weighted by molar-refractivity contribution is 5.36. The van der Waals surface area contributed by atoms with Crippen molar-refractivity contribution in [3.8, 4) is 6.07 Å². The molecule has 10 nitrogen and oxygen atoms in total. The summed E-state index contributed by atoms with van der Waals surface area (Å²) in [5.74, 6) is -1.76. The van der Waals surface area contributed by atoms with Crippen LogP contribution in [0.4, 0.5) is 11.6 Å². The highest BCUT2D eigenvalue weighted by Crippen LogP contribution is 2.18. The Balaban J connectivity index is 0.000000500. The predicted octanol–water partition coefficient (Wildman–Crippen LogP) is 0.151. The lowest BCUT2D eigenvalue weighted by Crippen LogP contribution is -1.94. The van der Waals surface area contributed by atoms with Crippen molar-refractivity contribution in [2.45, 2.75) is 6.92 Å². The lowest BCUT2D eigenvalue weighted by atomic mass is 10.7. The van der Waals surface area contributed by atoms with Gasteiger partial charge in [0.15, 0.2) is 0 Å². The molecule has 0 aliphatic carbocycles. The molecular weight excluding hydrogens is 196 g/mol. The Morgan fingerprint density at radius 3 is 1.79 bits per heavy atom. The van der Waals surface area contributed by atoms with Gasteiger partial charge in [-0.05, 0) is 15.1 Å². The van der Waals surface area contributed by atoms with Crippen LogP contribution in [0.25, 0.3) is 0 Å². The van der Waals surface area contributed by atoms with Gasteiger partial charge in [0.2, 0.25) is 0 Å². The number of nitro groups is 2. The van der Waals surface area contributed by atoms with E-state index in [4.69, 9.17) is 5.26 Å². The largest absolute Gasteiger partial charge is 0.491 e. The molecule has 1 rings (SSSR count). The summed E-state index contributed by atoms with van der Waals surface area (Å²) in [6.45, 7) is 1.43. The van der Waals surface area contributed by atoms with Crippen LogP contribution in [-0.2, 0) is 0 Å². The second-order valence-corrected chi connectivity index (χ2v) is 1.71. The quantitative estimate of drug-likeness (QED) is 0.526. The van der Waals surface area contributed by atoms with E-state index in [1.54, 1.807) is 11.3 Å². The number of nitrogens with one attached hydrogen (secondary N) is 1. The molecule has 0 amide bonds. The van der Waals surface area contributed by atoms with Crippen LogP contribution in [0.5, 0.6) is 0 Å². The van der Waals surface area contributed by atoms with Crippen molar-refractivity contribution < 1.29 is 9.85 Å². The zero-order chi connectivity index (χ0) is 11.1. The third-order valence-electron chi connectivity index (χ3n) is 0.858. The summed E-state index contributed by atoms with van der Waals surface area (Å²) >= 11 is 0. The van der Waals surface area contributed by atoms with Crippen molar-refractivity contribution in [1.82, 2.24) is 15.4 Å². The van der Waals surface area contributed by atoms with Crippen LogP contribution in [0.15, 0.2) is 0 Å². The Kier molecular flexibility index (Phi) is 4.20. The fourth-order valence-corrected chi connectivity index (χ4v) is 0.465. The average molecular weight is 200 g/mol. The zero-order valence-corrected chi connectivity index (χ0v) is 6.87. The Bertz CT molecular complexity index is 349. The lowest BCUT2D eigenvalue weighted by Gasteiger charge is -1.85. The Morgan fingerprint density at radius 2 is 1.57 bits per heavy atom. The van der Waals surface area contributed by atoms with Crippen molar-refractivity contribution in [1.29, 1.82) is 5.26 Å². The molecule has 1 N–H and O–H groups in total. The van der Waals surface area contributed by atoms with Crippen LogP contribution in [0.3, 0.4) is 0 Å². The van der Waals surface area contributed by atoms with E-state index in [0.717, 1.165) is 0 Å². The normalized spacial score (nSPS) is 8.00. The first kappa shape index (κ1) is 11.4. The van der Waals surface area contributed by atoms with Crippen molar-refractivity contribution >= 4 is 11.6 Å². The number of nitriles is 1. The SMILES string of the molecule is CC#N.O=[N+]([O-])c1n[nH]nc1[N+](=O)[O-]. The van der Waals surface area contributed by atoms with Gasteiger partial charge in [0.25, 0.3) is 0 Å². The first-order valence-electron chi connectivity index (χ1n) is 3.05. The van der Waals surface area contributed by atoms with Gasteiger partial charge in [-0.3, -0.25) is 0 Å². The van der Waals surface area contributed by atoms with E-state index in [-0.39, 0.29) is 0 Å². The third-order valence-corrected chi connectivity index (χ3v) is 0.858. The lowest BCUT2D eigenvalue weighted by molar-refractivity contribution is -0.427. The van der Waals surface area contributed by atoms with Crippen LogP contribution in [-0.4, -0.2) is 25.3 Å². The molecule has 0 aliphatic heterocycles. The minimum Gasteiger partial charge on any atom is -0.358 e. The Hall–Kier alpha value is -2.57. The smallest absolute Gasteiger partial charge is 0.358 e. The number of hydrogen-bond acceptors (Lipinski definition) is 7. The maximum absolute atomic E-state index is 9.97. The number of H-pyrrole nitrogens is 1. The number of rotatable bonds is 2. The minimum atomic E-state index is -0.984. The molecule has 1 aromatic rings. The van der Waals surface area contributed by atoms with Gasteiger partial charge in [0, 0.05) is 6.92 Å². The van der Waals surface area contributed by atoms with Gasteiger partial charge in [0.05, 0.1) is 6.07 Å². The predicted molar refractivity (Wildman–Crippen MR) is 41.0 cm³/mol. The molecule has 1 aromatic heterocycles. The van der Waals surface area contributed by atoms with Crippen molar-refractivity contribution in [2.75, 3.05) is 0 Å². The van der Waals surface area contributed by atoms with E-state index >= 15 is 0 Å². The third kappa shape index (κ3) is 2.81. The molecule has 0 saturated carbocycles. The Morgan fingerprint density at radius 1 is 1.29 bits per heavy atom. The molecule has 0 saturated heterocycles. The molecular formula is C4H4N6O4. The Labute approximate surface area is 76.5 Å². The number of nitrogens with zero attached hydrogens (tertiary/aromatic N) is 5. The van der Waals surface area contributed by atoms with Crippen LogP contribution in [0.1, 0.15) is 6.92 Å². The van der Waals surface area contributed by atoms with Crippen LogP contribution in [0, 0.1) is 31.6 Å². The van der Waals surface area contributed by atoms with Crippen LogP contribution < -0.4 is 0 Å². The molecule has 0 spiro atoms. The number of aromatic amines is 1. The second kappa shape index (κ2) is 5.14. The zero-order valence-electron chi connectivity index (χ0n) is 6.87. The molecule has 74 valence electrons. The molecule has 0 bridgehead atoms. The van der Waals surface area contributed by atoms with Gasteiger partial charge < -0.3 is 20.2 Å². The summed E-state index contributed by atoms with van der Waals surface area (Å²) in [7, 11) is 0. The number of hydrogen-bond donors (Lipinski definition) is 1. The molecule has 0 fully saturated rings. The molecule has 0 aromatic carbocycles. The van der Waals surface area contributed by atoms with Gasteiger partial charge in [-0.1, -0.05) is 0 Å².